The Morgan fingerprint density at radius 3 is 2.59 bits per heavy atom. The Bertz CT molecular complexity index is 1400. The Balaban J connectivity index is 1.41. The third-order valence-corrected chi connectivity index (χ3v) is 5.94. The molecule has 0 spiro atoms. The van der Waals surface area contributed by atoms with Crippen molar-refractivity contribution in [1.29, 1.82) is 0 Å². The van der Waals surface area contributed by atoms with E-state index in [1.165, 1.54) is 11.1 Å². The van der Waals surface area contributed by atoms with Crippen LogP contribution in [0.4, 0.5) is 5.69 Å². The van der Waals surface area contributed by atoms with Crippen LogP contribution in [0.2, 0.25) is 10.0 Å². The third-order valence-electron chi connectivity index (χ3n) is 5.20. The number of nitrogens with one attached hydrogen (secondary N) is 2. The van der Waals surface area contributed by atoms with E-state index in [-0.39, 0.29) is 5.11 Å². The number of aryl methyl sites for hydroxylation is 2. The number of anilines is 1. The smallest absolute Gasteiger partial charge is 0.266 e. The number of oxazole rings is 1. The fourth-order valence-electron chi connectivity index (χ4n) is 3.19. The van der Waals surface area contributed by atoms with Gasteiger partial charge >= 0.3 is 0 Å². The molecule has 0 radical (unpaired) electrons. The van der Waals surface area contributed by atoms with E-state index in [9.17, 15) is 4.79 Å². The number of carbonyl (C=O) groups excluding carboxylic acids is 1. The van der Waals surface area contributed by atoms with E-state index < -0.39 is 12.0 Å². The first-order chi connectivity index (χ1) is 16.2. The van der Waals surface area contributed by atoms with Gasteiger partial charge in [-0.2, -0.15) is 0 Å². The molecule has 1 atom stereocenters. The highest BCUT2D eigenvalue weighted by Crippen LogP contribution is 2.29. The Kier molecular flexibility index (Phi) is 7.07. The average molecular weight is 514 g/mol. The Labute approximate surface area is 212 Å². The highest BCUT2D eigenvalue weighted by molar-refractivity contribution is 7.80. The van der Waals surface area contributed by atoms with Crippen molar-refractivity contribution in [1.82, 2.24) is 10.3 Å². The molecule has 4 rings (SSSR count). The minimum absolute atomic E-state index is 0.125. The van der Waals surface area contributed by atoms with Crippen molar-refractivity contribution in [3.63, 3.8) is 0 Å². The molecule has 34 heavy (non-hydrogen) atoms. The molecule has 0 bridgehead atoms. The van der Waals surface area contributed by atoms with Gasteiger partial charge in [-0.05, 0) is 92.6 Å². The van der Waals surface area contributed by atoms with E-state index in [1.807, 2.05) is 18.2 Å². The molecule has 0 saturated heterocycles. The summed E-state index contributed by atoms with van der Waals surface area (Å²) in [4.78, 5) is 17.1. The van der Waals surface area contributed by atoms with Crippen molar-refractivity contribution < 1.29 is 13.9 Å². The zero-order valence-corrected chi connectivity index (χ0v) is 20.9. The number of halogens is 2. The number of carbonyl (C=O) groups is 1. The fraction of sp³-hybridized carbons (Fsp3) is 0.160. The summed E-state index contributed by atoms with van der Waals surface area (Å²) in [5, 5.41) is 6.52. The molecule has 0 aliphatic rings. The van der Waals surface area contributed by atoms with E-state index >= 15 is 0 Å². The Hall–Kier alpha value is -3.13. The van der Waals surface area contributed by atoms with Gasteiger partial charge in [-0.3, -0.25) is 10.1 Å². The van der Waals surface area contributed by atoms with E-state index in [4.69, 9.17) is 44.6 Å². The second-order valence-corrected chi connectivity index (χ2v) is 9.03. The number of hydrogen-bond acceptors (Lipinski definition) is 5. The van der Waals surface area contributed by atoms with Crippen molar-refractivity contribution in [3.05, 3.63) is 75.8 Å². The molecule has 1 heterocycles. The van der Waals surface area contributed by atoms with Crippen LogP contribution in [0, 0.1) is 13.8 Å². The Morgan fingerprint density at radius 2 is 1.85 bits per heavy atom. The molecule has 1 unspecified atom stereocenters. The van der Waals surface area contributed by atoms with E-state index in [0.717, 1.165) is 5.56 Å². The summed E-state index contributed by atoms with van der Waals surface area (Å²) >= 11 is 17.3. The molecule has 9 heteroatoms. The van der Waals surface area contributed by atoms with Gasteiger partial charge in [-0.1, -0.05) is 29.3 Å². The van der Waals surface area contributed by atoms with Gasteiger partial charge in [-0.15, -0.1) is 0 Å². The predicted molar refractivity (Wildman–Crippen MR) is 140 cm³/mol. The molecule has 1 amide bonds. The minimum Gasteiger partial charge on any atom is -0.479 e. The van der Waals surface area contributed by atoms with Crippen LogP contribution in [-0.4, -0.2) is 22.1 Å². The summed E-state index contributed by atoms with van der Waals surface area (Å²) in [6, 6.07) is 16.2. The molecule has 6 nitrogen and oxygen atoms in total. The van der Waals surface area contributed by atoms with Gasteiger partial charge in [0.05, 0.1) is 5.02 Å². The van der Waals surface area contributed by atoms with Gasteiger partial charge in [0.1, 0.15) is 11.3 Å². The van der Waals surface area contributed by atoms with Crippen molar-refractivity contribution in [2.45, 2.75) is 26.9 Å². The maximum absolute atomic E-state index is 12.5. The molecule has 0 saturated carbocycles. The average Bonchev–Trinajstić information content (AvgIpc) is 3.20. The van der Waals surface area contributed by atoms with Crippen molar-refractivity contribution in [2.75, 3.05) is 5.32 Å². The maximum Gasteiger partial charge on any atom is 0.266 e. The second-order valence-electron chi connectivity index (χ2n) is 7.78. The summed E-state index contributed by atoms with van der Waals surface area (Å²) in [7, 11) is 0. The topological polar surface area (TPSA) is 76.4 Å². The van der Waals surface area contributed by atoms with E-state index in [2.05, 4.69) is 29.5 Å². The summed E-state index contributed by atoms with van der Waals surface area (Å²) in [6.07, 6.45) is -0.836. The molecule has 0 aliphatic heterocycles. The molecule has 174 valence electrons. The van der Waals surface area contributed by atoms with Gasteiger partial charge in [-0.25, -0.2) is 4.98 Å². The normalized spacial score (nSPS) is 11.8. The van der Waals surface area contributed by atoms with Gasteiger partial charge in [0.25, 0.3) is 5.91 Å². The summed E-state index contributed by atoms with van der Waals surface area (Å²) < 4.78 is 11.5. The van der Waals surface area contributed by atoms with Crippen LogP contribution in [0.5, 0.6) is 5.75 Å². The lowest BCUT2D eigenvalue weighted by atomic mass is 10.1. The number of amides is 1. The number of fused-ring (bicyclic) bond motifs is 1. The summed E-state index contributed by atoms with van der Waals surface area (Å²) in [5.74, 6) is 0.463. The minimum atomic E-state index is -0.836. The molecule has 2 N–H and O–H groups in total. The van der Waals surface area contributed by atoms with E-state index in [0.29, 0.717) is 38.5 Å². The van der Waals surface area contributed by atoms with Crippen LogP contribution >= 0.6 is 35.4 Å². The van der Waals surface area contributed by atoms with Crippen LogP contribution in [0.3, 0.4) is 0 Å². The number of rotatable bonds is 5. The lowest BCUT2D eigenvalue weighted by Crippen LogP contribution is -2.42. The van der Waals surface area contributed by atoms with Crippen molar-refractivity contribution in [2.24, 2.45) is 0 Å². The van der Waals surface area contributed by atoms with Crippen LogP contribution in [0.1, 0.15) is 18.1 Å². The van der Waals surface area contributed by atoms with E-state index in [1.54, 1.807) is 43.3 Å². The highest BCUT2D eigenvalue weighted by atomic mass is 35.5. The fourth-order valence-corrected chi connectivity index (χ4v) is 3.87. The molecule has 0 fully saturated rings. The number of ether oxygens (including phenoxy) is 1. The van der Waals surface area contributed by atoms with Gasteiger partial charge in [0.2, 0.25) is 5.89 Å². The zero-order valence-electron chi connectivity index (χ0n) is 18.6. The monoisotopic (exact) mass is 513 g/mol. The first-order valence-electron chi connectivity index (χ1n) is 10.4. The van der Waals surface area contributed by atoms with Crippen LogP contribution in [0.25, 0.3) is 22.6 Å². The third kappa shape index (κ3) is 5.50. The number of thiocarbonyl (C=S) groups is 1. The standard InChI is InChI=1S/C25H21Cl2N3O3S/c1-13-4-5-16(10-14(13)2)24-29-20-12-18(7-9-22(20)33-24)28-25(34)30-23(31)15(3)32-21-8-6-17(26)11-19(21)27/h4-12,15H,1-3H3,(H2,28,30,31,34). The quantitative estimate of drug-likeness (QED) is 0.289. The molecule has 4 aromatic rings. The highest BCUT2D eigenvalue weighted by Gasteiger charge is 2.18. The number of aromatic nitrogens is 1. The van der Waals surface area contributed by atoms with Crippen molar-refractivity contribution >= 4 is 63.2 Å². The van der Waals surface area contributed by atoms with Crippen LogP contribution < -0.4 is 15.4 Å². The largest absolute Gasteiger partial charge is 0.479 e. The number of benzene rings is 3. The number of nitrogens with zero attached hydrogens (tertiary/aromatic N) is 1. The van der Waals surface area contributed by atoms with Crippen LogP contribution in [0.15, 0.2) is 59.0 Å². The first kappa shape index (κ1) is 24.0. The maximum atomic E-state index is 12.5. The van der Waals surface area contributed by atoms with Gasteiger partial charge in [0.15, 0.2) is 16.8 Å². The van der Waals surface area contributed by atoms with Crippen LogP contribution in [-0.2, 0) is 4.79 Å². The zero-order chi connectivity index (χ0) is 24.4. The molecule has 1 aromatic heterocycles. The molecule has 0 aliphatic carbocycles. The lowest BCUT2D eigenvalue weighted by Gasteiger charge is -2.16. The summed E-state index contributed by atoms with van der Waals surface area (Å²) in [5.41, 5.74) is 5.26. The van der Waals surface area contributed by atoms with Gasteiger partial charge in [0, 0.05) is 16.3 Å². The SMILES string of the molecule is Cc1ccc(-c2nc3cc(NC(=S)NC(=O)C(C)Oc4ccc(Cl)cc4Cl)ccc3o2)cc1C. The summed E-state index contributed by atoms with van der Waals surface area (Å²) in [6.45, 7) is 5.71. The number of hydrogen-bond donors (Lipinski definition) is 2. The second kappa shape index (κ2) is 10.0. The molecule has 3 aromatic carbocycles. The Morgan fingerprint density at radius 1 is 1.06 bits per heavy atom. The lowest BCUT2D eigenvalue weighted by molar-refractivity contribution is -0.125. The molecular weight excluding hydrogens is 493 g/mol. The predicted octanol–water partition coefficient (Wildman–Crippen LogP) is 6.70. The first-order valence-corrected chi connectivity index (χ1v) is 11.6. The molecular formula is C25H21Cl2N3O3S. The van der Waals surface area contributed by atoms with Crippen molar-refractivity contribution in [3.8, 4) is 17.2 Å². The van der Waals surface area contributed by atoms with Gasteiger partial charge < -0.3 is 14.5 Å².